The Hall–Kier alpha value is -2.36. The predicted octanol–water partition coefficient (Wildman–Crippen LogP) is 3.13. The second-order valence-electron chi connectivity index (χ2n) is 9.82. The summed E-state index contributed by atoms with van der Waals surface area (Å²) >= 11 is 0. The smallest absolute Gasteiger partial charge is 0.369 e. The van der Waals surface area contributed by atoms with Crippen molar-refractivity contribution in [3.63, 3.8) is 0 Å². The summed E-state index contributed by atoms with van der Waals surface area (Å²) in [5.74, 6) is -1.09. The second kappa shape index (κ2) is 9.71. The van der Waals surface area contributed by atoms with Crippen molar-refractivity contribution in [2.75, 3.05) is 57.8 Å². The van der Waals surface area contributed by atoms with Crippen LogP contribution in [0.15, 0.2) is 24.3 Å². The summed E-state index contributed by atoms with van der Waals surface area (Å²) in [5.41, 5.74) is 0.458. The van der Waals surface area contributed by atoms with E-state index in [9.17, 15) is 27.2 Å². The molecule has 1 atom stereocenters. The van der Waals surface area contributed by atoms with Gasteiger partial charge in [-0.25, -0.2) is 4.39 Å². The van der Waals surface area contributed by atoms with Crippen molar-refractivity contribution < 1.29 is 27.2 Å². The van der Waals surface area contributed by atoms with Crippen molar-refractivity contribution in [3.05, 3.63) is 30.1 Å². The molecule has 0 aliphatic carbocycles. The fraction of sp³-hybridized carbons (Fsp3) is 0.667. The molecule has 2 amide bonds. The Morgan fingerprint density at radius 3 is 2.24 bits per heavy atom. The van der Waals surface area contributed by atoms with Gasteiger partial charge >= 0.3 is 6.18 Å². The first kappa shape index (κ1) is 24.8. The third-order valence-corrected chi connectivity index (χ3v) is 7.72. The van der Waals surface area contributed by atoms with Gasteiger partial charge in [-0.3, -0.25) is 14.5 Å². The number of amides is 2. The predicted molar refractivity (Wildman–Crippen MR) is 120 cm³/mol. The van der Waals surface area contributed by atoms with Gasteiger partial charge in [-0.1, -0.05) is 0 Å². The maximum atomic E-state index is 13.2. The van der Waals surface area contributed by atoms with Crippen molar-refractivity contribution in [1.82, 2.24) is 14.7 Å². The molecule has 188 valence electrons. The van der Waals surface area contributed by atoms with Gasteiger partial charge in [0.15, 0.2) is 0 Å². The van der Waals surface area contributed by atoms with Gasteiger partial charge in [0, 0.05) is 64.6 Å². The van der Waals surface area contributed by atoms with Crippen LogP contribution in [0.2, 0.25) is 0 Å². The van der Waals surface area contributed by atoms with E-state index in [1.165, 1.54) is 17.0 Å². The summed E-state index contributed by atoms with van der Waals surface area (Å²) in [6.45, 7) is 4.77. The van der Waals surface area contributed by atoms with Crippen molar-refractivity contribution >= 4 is 17.5 Å². The van der Waals surface area contributed by atoms with E-state index >= 15 is 0 Å². The monoisotopic (exact) mass is 484 g/mol. The summed E-state index contributed by atoms with van der Waals surface area (Å²) in [4.78, 5) is 32.7. The fourth-order valence-corrected chi connectivity index (χ4v) is 5.61. The van der Waals surface area contributed by atoms with Crippen LogP contribution in [0.4, 0.5) is 23.2 Å². The summed E-state index contributed by atoms with van der Waals surface area (Å²) in [5, 5.41) is 0. The van der Waals surface area contributed by atoms with Crippen LogP contribution < -0.4 is 4.90 Å². The number of alkyl halides is 3. The lowest BCUT2D eigenvalue weighted by atomic mass is 9.75. The first-order valence-corrected chi connectivity index (χ1v) is 11.9. The second-order valence-corrected chi connectivity index (χ2v) is 9.82. The lowest BCUT2D eigenvalue weighted by molar-refractivity contribution is -0.164. The van der Waals surface area contributed by atoms with Crippen LogP contribution in [0.25, 0.3) is 0 Å². The van der Waals surface area contributed by atoms with Gasteiger partial charge in [0.2, 0.25) is 11.8 Å². The Labute approximate surface area is 197 Å². The van der Waals surface area contributed by atoms with Crippen LogP contribution in [-0.4, -0.2) is 91.6 Å². The Bertz CT molecular complexity index is 876. The zero-order valence-electron chi connectivity index (χ0n) is 19.5. The van der Waals surface area contributed by atoms with Crippen molar-refractivity contribution in [3.8, 4) is 0 Å². The van der Waals surface area contributed by atoms with E-state index in [1.807, 2.05) is 11.9 Å². The number of piperidine rings is 1. The number of nitrogens with zero attached hydrogens (tertiary/aromatic N) is 4. The highest BCUT2D eigenvalue weighted by Crippen LogP contribution is 2.45. The fourth-order valence-electron chi connectivity index (χ4n) is 5.61. The highest BCUT2D eigenvalue weighted by molar-refractivity contribution is 5.86. The van der Waals surface area contributed by atoms with Crippen LogP contribution in [-0.2, 0) is 9.59 Å². The van der Waals surface area contributed by atoms with Crippen LogP contribution >= 0.6 is 0 Å². The van der Waals surface area contributed by atoms with E-state index in [2.05, 4.69) is 9.80 Å². The number of carbonyl (C=O) groups is 2. The highest BCUT2D eigenvalue weighted by atomic mass is 19.4. The SMILES string of the molecule is CN1C(=O)C2(CCN(C(=O)CC(F)(F)F)CC2)C[C@@H]1CCN1CCN(c2ccc(F)cc2)CC1. The van der Waals surface area contributed by atoms with Crippen LogP contribution in [0.3, 0.4) is 0 Å². The molecule has 0 aromatic heterocycles. The molecule has 3 heterocycles. The van der Waals surface area contributed by atoms with Gasteiger partial charge in [-0.15, -0.1) is 0 Å². The normalized spacial score (nSPS) is 23.7. The topological polar surface area (TPSA) is 47.1 Å². The molecule has 1 aromatic carbocycles. The standard InChI is InChI=1S/C24H32F4N4O2/c1-29-20(6-9-30-12-14-31(15-13-30)19-4-2-18(25)3-5-19)16-23(22(29)34)7-10-32(11-8-23)21(33)17-24(26,27)28/h2-5,20H,6-17H2,1H3/t20-/m0/s1. The molecule has 3 aliphatic heterocycles. The molecule has 3 fully saturated rings. The molecule has 0 N–H and O–H groups in total. The molecule has 6 nitrogen and oxygen atoms in total. The number of piperazine rings is 1. The van der Waals surface area contributed by atoms with Gasteiger partial charge in [-0.05, 0) is 49.9 Å². The Balaban J connectivity index is 1.24. The molecular weight excluding hydrogens is 452 g/mol. The van der Waals surface area contributed by atoms with Crippen LogP contribution in [0.1, 0.15) is 32.1 Å². The molecular formula is C24H32F4N4O2. The zero-order chi connectivity index (χ0) is 24.5. The maximum absolute atomic E-state index is 13.2. The van der Waals surface area contributed by atoms with Crippen LogP contribution in [0.5, 0.6) is 0 Å². The minimum absolute atomic E-state index is 0.0570. The van der Waals surface area contributed by atoms with Crippen molar-refractivity contribution in [2.24, 2.45) is 5.41 Å². The maximum Gasteiger partial charge on any atom is 0.397 e. The number of halogens is 4. The van der Waals surface area contributed by atoms with Gasteiger partial charge < -0.3 is 14.7 Å². The van der Waals surface area contributed by atoms with Crippen LogP contribution in [0, 0.1) is 11.2 Å². The average Bonchev–Trinajstić information content (AvgIpc) is 3.02. The number of hydrogen-bond acceptors (Lipinski definition) is 4. The first-order valence-electron chi connectivity index (χ1n) is 11.9. The quantitative estimate of drug-likeness (QED) is 0.603. The van der Waals surface area contributed by atoms with E-state index < -0.39 is 23.9 Å². The molecule has 10 heteroatoms. The number of benzene rings is 1. The summed E-state index contributed by atoms with van der Waals surface area (Å²) in [7, 11) is 1.81. The van der Waals surface area contributed by atoms with Gasteiger partial charge in [-0.2, -0.15) is 13.2 Å². The lowest BCUT2D eigenvalue weighted by Crippen LogP contribution is -2.47. The Morgan fingerprint density at radius 2 is 1.65 bits per heavy atom. The highest BCUT2D eigenvalue weighted by Gasteiger charge is 2.51. The van der Waals surface area contributed by atoms with E-state index in [1.54, 1.807) is 12.1 Å². The molecule has 1 aromatic rings. The van der Waals surface area contributed by atoms with Gasteiger partial charge in [0.25, 0.3) is 0 Å². The summed E-state index contributed by atoms with van der Waals surface area (Å²) < 4.78 is 50.8. The number of rotatable bonds is 5. The molecule has 1 spiro atoms. The zero-order valence-corrected chi connectivity index (χ0v) is 19.5. The molecule has 0 bridgehead atoms. The minimum atomic E-state index is -4.51. The Morgan fingerprint density at radius 1 is 1.03 bits per heavy atom. The third-order valence-electron chi connectivity index (χ3n) is 7.72. The third kappa shape index (κ3) is 5.47. The number of anilines is 1. The van der Waals surface area contributed by atoms with Crippen molar-refractivity contribution in [1.29, 1.82) is 0 Å². The molecule has 3 aliphatic rings. The lowest BCUT2D eigenvalue weighted by Gasteiger charge is -2.38. The van der Waals surface area contributed by atoms with E-state index in [4.69, 9.17) is 0 Å². The molecule has 0 radical (unpaired) electrons. The van der Waals surface area contributed by atoms with E-state index in [0.717, 1.165) is 44.8 Å². The van der Waals surface area contributed by atoms with E-state index in [-0.39, 0.29) is 30.9 Å². The minimum Gasteiger partial charge on any atom is -0.369 e. The summed E-state index contributed by atoms with van der Waals surface area (Å²) in [6.07, 6.45) is -3.56. The van der Waals surface area contributed by atoms with Gasteiger partial charge in [0.1, 0.15) is 12.2 Å². The molecule has 3 saturated heterocycles. The Kier molecular flexibility index (Phi) is 7.07. The van der Waals surface area contributed by atoms with E-state index in [0.29, 0.717) is 19.3 Å². The molecule has 0 saturated carbocycles. The largest absolute Gasteiger partial charge is 0.397 e. The average molecular weight is 485 g/mol. The number of likely N-dealkylation sites (tertiary alicyclic amines) is 2. The van der Waals surface area contributed by atoms with Crippen molar-refractivity contribution in [2.45, 2.75) is 44.3 Å². The number of carbonyl (C=O) groups excluding carboxylic acids is 2. The summed E-state index contributed by atoms with van der Waals surface area (Å²) in [6, 6.07) is 6.64. The molecule has 0 unspecified atom stereocenters. The first-order chi connectivity index (χ1) is 16.1. The number of hydrogen-bond donors (Lipinski definition) is 0. The molecule has 34 heavy (non-hydrogen) atoms. The van der Waals surface area contributed by atoms with Gasteiger partial charge in [0.05, 0.1) is 5.41 Å². The molecule has 4 rings (SSSR count).